The van der Waals surface area contributed by atoms with Gasteiger partial charge in [0.1, 0.15) is 0 Å². The zero-order valence-corrected chi connectivity index (χ0v) is 19.3. The van der Waals surface area contributed by atoms with Crippen LogP contribution in [0.2, 0.25) is 0 Å². The Morgan fingerprint density at radius 2 is 1.38 bits per heavy atom. The van der Waals surface area contributed by atoms with Crippen molar-refractivity contribution >= 4 is 5.69 Å². The second kappa shape index (κ2) is 9.89. The van der Waals surface area contributed by atoms with Crippen LogP contribution in [-0.2, 0) is 25.9 Å². The molecule has 1 aliphatic carbocycles. The Morgan fingerprint density at radius 3 is 2.00 bits per heavy atom. The topological polar surface area (TPSA) is 9.72 Å². The first kappa shape index (κ1) is 21.2. The minimum Gasteiger partial charge on any atom is -0.369 e. The Hall–Kier alpha value is -2.62. The average molecular weight is 426 g/mol. The molecule has 0 amide bonds. The van der Waals surface area contributed by atoms with Gasteiger partial charge in [0.25, 0.3) is 0 Å². The molecule has 0 unspecified atom stereocenters. The highest BCUT2D eigenvalue weighted by Crippen LogP contribution is 2.33. The lowest BCUT2D eigenvalue weighted by molar-refractivity contribution is 0.162. The monoisotopic (exact) mass is 425 g/mol. The van der Waals surface area contributed by atoms with Gasteiger partial charge >= 0.3 is 0 Å². The normalized spacial score (nSPS) is 19.2. The van der Waals surface area contributed by atoms with E-state index in [1.165, 1.54) is 29.7 Å². The largest absolute Gasteiger partial charge is 0.369 e. The molecule has 1 fully saturated rings. The van der Waals surface area contributed by atoms with E-state index in [9.17, 15) is 0 Å². The van der Waals surface area contributed by atoms with Crippen molar-refractivity contribution in [2.45, 2.75) is 38.4 Å². The van der Waals surface area contributed by atoms with Gasteiger partial charge in [-0.3, -0.25) is 4.90 Å². The predicted octanol–water partition coefficient (Wildman–Crippen LogP) is 5.00. The lowest BCUT2D eigenvalue weighted by Gasteiger charge is -2.39. The van der Waals surface area contributed by atoms with Crippen LogP contribution in [-0.4, -0.2) is 49.1 Å². The van der Waals surface area contributed by atoms with Crippen LogP contribution in [0.25, 0.3) is 0 Å². The molecule has 0 aromatic heterocycles. The molecule has 1 aliphatic heterocycles. The Bertz CT molecular complexity index is 952. The number of hydrogen-bond acceptors (Lipinski definition) is 3. The second-order valence-corrected chi connectivity index (χ2v) is 9.48. The fourth-order valence-electron chi connectivity index (χ4n) is 5.37. The highest BCUT2D eigenvalue weighted by atomic mass is 15.2. The van der Waals surface area contributed by atoms with Crippen molar-refractivity contribution in [2.24, 2.45) is 0 Å². The number of benzene rings is 3. The summed E-state index contributed by atoms with van der Waals surface area (Å²) in [4.78, 5) is 7.76. The molecule has 1 atom stereocenters. The van der Waals surface area contributed by atoms with E-state index in [2.05, 4.69) is 101 Å². The van der Waals surface area contributed by atoms with E-state index in [1.54, 1.807) is 11.1 Å². The molecule has 1 heterocycles. The Kier molecular flexibility index (Phi) is 6.56. The molecular weight excluding hydrogens is 390 g/mol. The zero-order chi connectivity index (χ0) is 21.8. The third-order valence-electron chi connectivity index (χ3n) is 7.25. The number of fused-ring (bicyclic) bond motifs is 1. The molecule has 166 valence electrons. The summed E-state index contributed by atoms with van der Waals surface area (Å²) in [6, 6.07) is 29.5. The summed E-state index contributed by atoms with van der Waals surface area (Å²) in [6.45, 7) is 6.62. The number of piperazine rings is 1. The maximum Gasteiger partial charge on any atom is 0.0402 e. The maximum atomic E-state index is 2.70. The molecule has 3 nitrogen and oxygen atoms in total. The minimum absolute atomic E-state index is 0.575. The predicted molar refractivity (Wildman–Crippen MR) is 134 cm³/mol. The van der Waals surface area contributed by atoms with E-state index in [0.29, 0.717) is 6.04 Å². The van der Waals surface area contributed by atoms with Gasteiger partial charge in [-0.1, -0.05) is 72.8 Å². The molecule has 0 bridgehead atoms. The number of rotatable bonds is 6. The quantitative estimate of drug-likeness (QED) is 0.550. The highest BCUT2D eigenvalue weighted by molar-refractivity contribution is 5.58. The first-order valence-electron chi connectivity index (χ1n) is 12.1. The van der Waals surface area contributed by atoms with E-state index >= 15 is 0 Å². The van der Waals surface area contributed by atoms with E-state index in [1.807, 2.05) is 0 Å². The minimum atomic E-state index is 0.575. The first-order valence-corrected chi connectivity index (χ1v) is 12.1. The molecule has 3 aromatic carbocycles. The van der Waals surface area contributed by atoms with Gasteiger partial charge in [0.15, 0.2) is 0 Å². The molecule has 3 heteroatoms. The fraction of sp³-hybridized carbons (Fsp3) is 0.379. The third kappa shape index (κ3) is 4.90. The number of nitrogens with zero attached hydrogens (tertiary/aromatic N) is 3. The van der Waals surface area contributed by atoms with Gasteiger partial charge in [-0.25, -0.2) is 0 Å². The first-order chi connectivity index (χ1) is 15.8. The molecule has 2 aliphatic rings. The number of likely N-dealkylation sites (N-methyl/N-ethyl adjacent to an activating group) is 1. The average Bonchev–Trinajstić information content (AvgIpc) is 2.85. The van der Waals surface area contributed by atoms with Crippen molar-refractivity contribution in [3.05, 3.63) is 101 Å². The van der Waals surface area contributed by atoms with Crippen LogP contribution in [0.1, 0.15) is 28.7 Å². The molecule has 1 saturated heterocycles. The van der Waals surface area contributed by atoms with Gasteiger partial charge in [-0.05, 0) is 54.6 Å². The van der Waals surface area contributed by atoms with Gasteiger partial charge < -0.3 is 9.80 Å². The summed E-state index contributed by atoms with van der Waals surface area (Å²) >= 11 is 0. The van der Waals surface area contributed by atoms with Crippen LogP contribution >= 0.6 is 0 Å². The molecule has 0 N–H and O–H groups in total. The van der Waals surface area contributed by atoms with Gasteiger partial charge in [0.2, 0.25) is 0 Å². The van der Waals surface area contributed by atoms with Crippen LogP contribution in [0.15, 0.2) is 78.9 Å². The molecule has 0 saturated carbocycles. The third-order valence-corrected chi connectivity index (χ3v) is 7.25. The highest BCUT2D eigenvalue weighted by Gasteiger charge is 2.27. The number of anilines is 1. The molecule has 32 heavy (non-hydrogen) atoms. The lowest BCUT2D eigenvalue weighted by atomic mass is 9.85. The molecule has 5 rings (SSSR count). The van der Waals surface area contributed by atoms with E-state index in [0.717, 1.165) is 45.7 Å². The van der Waals surface area contributed by atoms with E-state index in [4.69, 9.17) is 0 Å². The Morgan fingerprint density at radius 1 is 0.750 bits per heavy atom. The maximum absolute atomic E-state index is 2.70. The SMILES string of the molecule is CN1CCN(c2cccc3c2CC[C@@H](N(Cc2ccccc2)Cc2ccccc2)C3)CC1. The summed E-state index contributed by atoms with van der Waals surface area (Å²) in [5.74, 6) is 0. The van der Waals surface area contributed by atoms with Crippen LogP contribution in [0.3, 0.4) is 0 Å². The number of hydrogen-bond donors (Lipinski definition) is 0. The molecule has 0 radical (unpaired) electrons. The van der Waals surface area contributed by atoms with Crippen molar-refractivity contribution in [1.82, 2.24) is 9.80 Å². The molecule has 0 spiro atoms. The van der Waals surface area contributed by atoms with Crippen LogP contribution in [0, 0.1) is 0 Å². The van der Waals surface area contributed by atoms with Crippen molar-refractivity contribution in [1.29, 1.82) is 0 Å². The summed E-state index contributed by atoms with van der Waals surface area (Å²) in [5, 5.41) is 0. The summed E-state index contributed by atoms with van der Waals surface area (Å²) < 4.78 is 0. The van der Waals surface area contributed by atoms with Gasteiger partial charge in [0.05, 0.1) is 0 Å². The Labute approximate surface area is 193 Å². The standard InChI is InChI=1S/C29H35N3/c1-30-17-19-31(20-18-30)29-14-8-13-26-21-27(15-16-28(26)29)32(22-24-9-4-2-5-10-24)23-25-11-6-3-7-12-25/h2-14,27H,15-23H2,1H3/t27-/m1/s1. The van der Waals surface area contributed by atoms with E-state index < -0.39 is 0 Å². The van der Waals surface area contributed by atoms with E-state index in [-0.39, 0.29) is 0 Å². The summed E-state index contributed by atoms with van der Waals surface area (Å²) in [7, 11) is 2.23. The zero-order valence-electron chi connectivity index (χ0n) is 19.3. The van der Waals surface area contributed by atoms with Gasteiger partial charge in [-0.2, -0.15) is 0 Å². The van der Waals surface area contributed by atoms with Crippen molar-refractivity contribution in [2.75, 3.05) is 38.1 Å². The smallest absolute Gasteiger partial charge is 0.0402 e. The van der Waals surface area contributed by atoms with Crippen LogP contribution < -0.4 is 4.90 Å². The summed E-state index contributed by atoms with van der Waals surface area (Å²) in [5.41, 5.74) is 7.46. The molecule has 3 aromatic rings. The van der Waals surface area contributed by atoms with Crippen LogP contribution in [0.5, 0.6) is 0 Å². The Balaban J connectivity index is 1.37. The fourth-order valence-corrected chi connectivity index (χ4v) is 5.37. The molecular formula is C29H35N3. The van der Waals surface area contributed by atoms with Crippen molar-refractivity contribution in [3.63, 3.8) is 0 Å². The van der Waals surface area contributed by atoms with Crippen LogP contribution in [0.4, 0.5) is 5.69 Å². The van der Waals surface area contributed by atoms with Crippen molar-refractivity contribution < 1.29 is 0 Å². The van der Waals surface area contributed by atoms with Gasteiger partial charge in [-0.15, -0.1) is 0 Å². The summed E-state index contributed by atoms with van der Waals surface area (Å²) in [6.07, 6.45) is 3.57. The second-order valence-electron chi connectivity index (χ2n) is 9.48. The lowest BCUT2D eigenvalue weighted by Crippen LogP contribution is -2.45. The van der Waals surface area contributed by atoms with Crippen molar-refractivity contribution in [3.8, 4) is 0 Å². The van der Waals surface area contributed by atoms with Gasteiger partial charge in [0, 0.05) is 51.0 Å².